The molecule has 0 bridgehead atoms. The largest absolute Gasteiger partial charge is 0.384 e. The van der Waals surface area contributed by atoms with Gasteiger partial charge >= 0.3 is 0 Å². The lowest BCUT2D eigenvalue weighted by Crippen LogP contribution is -2.42. The fraction of sp³-hybridized carbons (Fsp3) is 0.345. The first-order valence-corrected chi connectivity index (χ1v) is 15.6. The van der Waals surface area contributed by atoms with E-state index in [4.69, 9.17) is 5.73 Å². The number of hydrogen-bond donors (Lipinski definition) is 2. The molecule has 1 amide bonds. The number of aromatic nitrogens is 2. The molecule has 2 aromatic heterocycles. The Bertz CT molecular complexity index is 1550. The average Bonchev–Trinajstić information content (AvgIpc) is 3.55. The summed E-state index contributed by atoms with van der Waals surface area (Å²) in [6.07, 6.45) is 1.77. The van der Waals surface area contributed by atoms with Crippen molar-refractivity contribution in [3.63, 3.8) is 0 Å². The van der Waals surface area contributed by atoms with Gasteiger partial charge in [0.25, 0.3) is 0 Å². The minimum absolute atomic E-state index is 0.0267. The number of nitrogens with one attached hydrogen (secondary N) is 1. The summed E-state index contributed by atoms with van der Waals surface area (Å²) in [4.78, 5) is 29.8. The van der Waals surface area contributed by atoms with Crippen molar-refractivity contribution in [1.29, 1.82) is 5.26 Å². The van der Waals surface area contributed by atoms with Crippen LogP contribution in [0, 0.1) is 23.7 Å². The van der Waals surface area contributed by atoms with Crippen molar-refractivity contribution < 1.29 is 9.59 Å². The lowest BCUT2D eigenvalue weighted by atomic mass is 9.70. The number of thiophene rings is 1. The molecule has 0 spiro atoms. The fourth-order valence-corrected chi connectivity index (χ4v) is 7.85. The van der Waals surface area contributed by atoms with Crippen molar-refractivity contribution in [1.82, 2.24) is 15.5 Å². The molecule has 1 unspecified atom stereocenters. The Morgan fingerprint density at radius 3 is 2.67 bits per heavy atom. The van der Waals surface area contributed by atoms with Gasteiger partial charge in [0.1, 0.15) is 5.82 Å². The number of rotatable bonds is 8. The van der Waals surface area contributed by atoms with E-state index in [0.717, 1.165) is 21.9 Å². The molecular weight excluding hydrogens is 561 g/mol. The van der Waals surface area contributed by atoms with Crippen LogP contribution in [0.25, 0.3) is 0 Å². The maximum Gasteiger partial charge on any atom is 0.230 e. The summed E-state index contributed by atoms with van der Waals surface area (Å²) in [6, 6.07) is 16.3. The van der Waals surface area contributed by atoms with Gasteiger partial charge in [-0.3, -0.25) is 14.5 Å². The first-order valence-electron chi connectivity index (χ1n) is 13.0. The van der Waals surface area contributed by atoms with Gasteiger partial charge in [0.05, 0.1) is 23.3 Å². The SMILES string of the molecule is Cc1ccc(C2C(C#N)=C(N)N(c3nnc(SCC(=O)NCCc4ccccc4)s3)C3=C2C(=O)CC(C)(C)C3)s1. The zero-order chi connectivity index (χ0) is 28.4. The number of benzene rings is 1. The molecule has 11 heteroatoms. The minimum Gasteiger partial charge on any atom is -0.384 e. The Morgan fingerprint density at radius 2 is 1.98 bits per heavy atom. The molecule has 0 saturated carbocycles. The molecule has 5 rings (SSSR count). The van der Waals surface area contributed by atoms with E-state index < -0.39 is 5.92 Å². The van der Waals surface area contributed by atoms with Crippen molar-refractivity contribution in [2.24, 2.45) is 11.1 Å². The summed E-state index contributed by atoms with van der Waals surface area (Å²) in [6.45, 7) is 6.69. The molecule has 0 radical (unpaired) electrons. The monoisotopic (exact) mass is 590 g/mol. The van der Waals surface area contributed by atoms with E-state index in [1.54, 1.807) is 16.2 Å². The predicted octanol–water partition coefficient (Wildman–Crippen LogP) is 5.30. The molecule has 206 valence electrons. The van der Waals surface area contributed by atoms with Gasteiger partial charge in [-0.2, -0.15) is 5.26 Å². The number of amides is 1. The molecule has 3 aromatic rings. The standard InChI is InChI=1S/C29H30N6O2S3/c1-17-9-10-22(39-17)24-19(15-30)26(31)35(20-13-29(2,3)14-21(36)25(20)24)27-33-34-28(40-27)38-16-23(37)32-12-11-18-7-5-4-6-8-18/h4-10,24H,11-14,16,31H2,1-3H3,(H,32,37). The van der Waals surface area contributed by atoms with Crippen LogP contribution in [0.1, 0.15) is 47.9 Å². The molecule has 3 N–H and O–H groups in total. The topological polar surface area (TPSA) is 125 Å². The Morgan fingerprint density at radius 1 is 1.20 bits per heavy atom. The number of nitriles is 1. The number of carbonyl (C=O) groups is 2. The van der Waals surface area contributed by atoms with Crippen LogP contribution in [0.3, 0.4) is 0 Å². The number of thioether (sulfide) groups is 1. The maximum absolute atomic E-state index is 13.6. The van der Waals surface area contributed by atoms with Crippen molar-refractivity contribution >= 4 is 51.3 Å². The third kappa shape index (κ3) is 5.84. The Kier molecular flexibility index (Phi) is 8.12. The van der Waals surface area contributed by atoms with Gasteiger partial charge in [0.2, 0.25) is 11.0 Å². The van der Waals surface area contributed by atoms with Gasteiger partial charge in [-0.15, -0.1) is 21.5 Å². The molecule has 1 aliphatic heterocycles. The number of hydrogen-bond acceptors (Lipinski definition) is 10. The van der Waals surface area contributed by atoms with E-state index in [9.17, 15) is 14.9 Å². The summed E-state index contributed by atoms with van der Waals surface area (Å²) >= 11 is 4.17. The van der Waals surface area contributed by atoms with Crippen molar-refractivity contribution in [3.05, 3.63) is 80.4 Å². The third-order valence-corrected chi connectivity index (χ3v) is 10.0. The molecule has 8 nitrogen and oxygen atoms in total. The highest BCUT2D eigenvalue weighted by molar-refractivity contribution is 8.01. The highest BCUT2D eigenvalue weighted by Gasteiger charge is 2.45. The van der Waals surface area contributed by atoms with Crippen LogP contribution in [-0.4, -0.2) is 34.2 Å². The lowest BCUT2D eigenvalue weighted by molar-refractivity contribution is -0.119. The Balaban J connectivity index is 1.37. The minimum atomic E-state index is -0.486. The molecule has 2 aliphatic rings. The predicted molar refractivity (Wildman–Crippen MR) is 160 cm³/mol. The summed E-state index contributed by atoms with van der Waals surface area (Å²) in [5.41, 5.74) is 9.33. The smallest absolute Gasteiger partial charge is 0.230 e. The van der Waals surface area contributed by atoms with Gasteiger partial charge in [-0.1, -0.05) is 67.3 Å². The van der Waals surface area contributed by atoms with Crippen LogP contribution >= 0.6 is 34.4 Å². The zero-order valence-corrected chi connectivity index (χ0v) is 25.0. The number of nitrogens with zero attached hydrogens (tertiary/aromatic N) is 4. The quantitative estimate of drug-likeness (QED) is 0.339. The van der Waals surface area contributed by atoms with Crippen LogP contribution in [0.5, 0.6) is 0 Å². The second kappa shape index (κ2) is 11.6. The number of Topliss-reactive ketones (excluding diaryl/α,β-unsaturated/α-hetero) is 1. The number of ketones is 1. The van der Waals surface area contributed by atoms with Crippen molar-refractivity contribution in [2.75, 3.05) is 17.2 Å². The maximum atomic E-state index is 13.6. The van der Waals surface area contributed by atoms with Crippen LogP contribution in [0.15, 0.2) is 69.5 Å². The van der Waals surface area contributed by atoms with Crippen molar-refractivity contribution in [3.8, 4) is 6.07 Å². The number of nitrogens with two attached hydrogens (primary N) is 1. The Hall–Kier alpha value is -3.46. The first kappa shape index (κ1) is 28.1. The van der Waals surface area contributed by atoms with Gasteiger partial charge in [-0.25, -0.2) is 0 Å². The number of carbonyl (C=O) groups excluding carboxylic acids is 2. The third-order valence-electron chi connectivity index (χ3n) is 6.92. The van der Waals surface area contributed by atoms with Gasteiger partial charge < -0.3 is 11.1 Å². The fourth-order valence-electron chi connectivity index (χ4n) is 5.14. The molecule has 40 heavy (non-hydrogen) atoms. The van der Waals surface area contributed by atoms with E-state index in [1.165, 1.54) is 28.7 Å². The van der Waals surface area contributed by atoms with E-state index in [2.05, 4.69) is 35.4 Å². The highest BCUT2D eigenvalue weighted by Crippen LogP contribution is 2.51. The van der Waals surface area contributed by atoms with Crippen molar-refractivity contribution in [2.45, 2.75) is 50.3 Å². The van der Waals surface area contributed by atoms with Crippen LogP contribution < -0.4 is 16.0 Å². The average molecular weight is 591 g/mol. The van der Waals surface area contributed by atoms with Gasteiger partial charge in [-0.05, 0) is 42.9 Å². The number of aryl methyl sites for hydroxylation is 1. The van der Waals surface area contributed by atoms with Gasteiger partial charge in [0.15, 0.2) is 10.1 Å². The van der Waals surface area contributed by atoms with E-state index in [-0.39, 0.29) is 28.7 Å². The summed E-state index contributed by atoms with van der Waals surface area (Å²) in [5, 5.41) is 22.3. The molecule has 1 aliphatic carbocycles. The molecule has 3 heterocycles. The molecular formula is C29H30N6O2S3. The second-order valence-corrected chi connectivity index (χ2v) is 14.2. The van der Waals surface area contributed by atoms with E-state index in [1.807, 2.05) is 49.4 Å². The number of anilines is 1. The van der Waals surface area contributed by atoms with Crippen LogP contribution in [0.2, 0.25) is 0 Å². The van der Waals surface area contributed by atoms with Gasteiger partial charge in [0, 0.05) is 34.0 Å². The van der Waals surface area contributed by atoms with E-state index >= 15 is 0 Å². The first-order chi connectivity index (χ1) is 19.2. The molecule has 1 atom stereocenters. The second-order valence-electron chi connectivity index (χ2n) is 10.7. The highest BCUT2D eigenvalue weighted by atomic mass is 32.2. The molecule has 1 aromatic carbocycles. The lowest BCUT2D eigenvalue weighted by Gasteiger charge is -2.42. The Labute approximate surface area is 246 Å². The zero-order valence-electron chi connectivity index (χ0n) is 22.6. The summed E-state index contributed by atoms with van der Waals surface area (Å²) in [7, 11) is 0. The summed E-state index contributed by atoms with van der Waals surface area (Å²) < 4.78 is 0.610. The van der Waals surface area contributed by atoms with Crippen LogP contribution in [0.4, 0.5) is 5.13 Å². The summed E-state index contributed by atoms with van der Waals surface area (Å²) in [5.74, 6) is -0.0642. The van der Waals surface area contributed by atoms with Crippen LogP contribution in [-0.2, 0) is 16.0 Å². The van der Waals surface area contributed by atoms with E-state index in [0.29, 0.717) is 40.0 Å². The normalized spacial score (nSPS) is 18.5. The molecule has 0 fully saturated rings. The molecule has 0 saturated heterocycles. The number of allylic oxidation sites excluding steroid dienone is 3.